The van der Waals surface area contributed by atoms with E-state index < -0.39 is 0 Å². The van der Waals surface area contributed by atoms with Crippen LogP contribution >= 0.6 is 0 Å². The minimum atomic E-state index is -0.292. The summed E-state index contributed by atoms with van der Waals surface area (Å²) in [4.78, 5) is 2.22. The quantitative estimate of drug-likeness (QED) is 0.739. The van der Waals surface area contributed by atoms with Crippen LogP contribution in [-0.2, 0) is 4.74 Å². The number of nitrogens with zero attached hydrogens (tertiary/aromatic N) is 1. The number of morpholine rings is 1. The maximum Gasteiger partial charge on any atom is 0.0960 e. The van der Waals surface area contributed by atoms with E-state index in [1.54, 1.807) is 0 Å². The molecule has 0 aromatic heterocycles. The lowest BCUT2D eigenvalue weighted by Gasteiger charge is -2.33. The molecule has 14 heavy (non-hydrogen) atoms. The summed E-state index contributed by atoms with van der Waals surface area (Å²) in [7, 11) is 2.07. The van der Waals surface area contributed by atoms with E-state index in [1.807, 2.05) is 0 Å². The summed E-state index contributed by atoms with van der Waals surface area (Å²) in [6.07, 6.45) is 1.66. The normalized spacial score (nSPS) is 26.8. The SMILES string of the molecule is CC(C)CCC(O)C1CN(C)CCO1. The van der Waals surface area contributed by atoms with Gasteiger partial charge in [0.05, 0.1) is 18.8 Å². The average Bonchev–Trinajstić information content (AvgIpc) is 2.14. The average molecular weight is 201 g/mol. The predicted octanol–water partition coefficient (Wildman–Crippen LogP) is 1.11. The van der Waals surface area contributed by atoms with Crippen LogP contribution in [0.15, 0.2) is 0 Å². The van der Waals surface area contributed by atoms with Crippen molar-refractivity contribution in [2.24, 2.45) is 5.92 Å². The lowest BCUT2D eigenvalue weighted by molar-refractivity contribution is -0.0859. The highest BCUT2D eigenvalue weighted by atomic mass is 16.5. The molecule has 1 heterocycles. The van der Waals surface area contributed by atoms with Gasteiger partial charge in [-0.25, -0.2) is 0 Å². The molecule has 0 bridgehead atoms. The smallest absolute Gasteiger partial charge is 0.0960 e. The fourth-order valence-electron chi connectivity index (χ4n) is 1.73. The largest absolute Gasteiger partial charge is 0.390 e. The van der Waals surface area contributed by atoms with Crippen LogP contribution in [0.25, 0.3) is 0 Å². The van der Waals surface area contributed by atoms with Gasteiger partial charge < -0.3 is 14.7 Å². The number of aliphatic hydroxyl groups excluding tert-OH is 1. The summed E-state index contributed by atoms with van der Waals surface area (Å²) in [6.45, 7) is 6.95. The van der Waals surface area contributed by atoms with Crippen molar-refractivity contribution < 1.29 is 9.84 Å². The van der Waals surface area contributed by atoms with E-state index in [9.17, 15) is 5.11 Å². The molecule has 1 aliphatic heterocycles. The van der Waals surface area contributed by atoms with E-state index in [0.29, 0.717) is 5.92 Å². The summed E-state index contributed by atoms with van der Waals surface area (Å²) in [5.74, 6) is 0.658. The molecule has 1 aliphatic rings. The standard InChI is InChI=1S/C11H23NO2/c1-9(2)4-5-10(13)11-8-12(3)6-7-14-11/h9-11,13H,4-8H2,1-3H3. The van der Waals surface area contributed by atoms with Gasteiger partial charge in [0.1, 0.15) is 0 Å². The molecule has 0 radical (unpaired) electrons. The number of likely N-dealkylation sites (N-methyl/N-ethyl adjacent to an activating group) is 1. The summed E-state index contributed by atoms with van der Waals surface area (Å²) >= 11 is 0. The van der Waals surface area contributed by atoms with Gasteiger partial charge in [-0.15, -0.1) is 0 Å². The van der Waals surface area contributed by atoms with Gasteiger partial charge in [0, 0.05) is 13.1 Å². The molecule has 84 valence electrons. The molecule has 0 aromatic rings. The molecule has 1 saturated heterocycles. The van der Waals surface area contributed by atoms with Crippen LogP contribution in [0.2, 0.25) is 0 Å². The molecule has 1 N–H and O–H groups in total. The fourth-order valence-corrected chi connectivity index (χ4v) is 1.73. The zero-order chi connectivity index (χ0) is 10.6. The van der Waals surface area contributed by atoms with Crippen molar-refractivity contribution >= 4 is 0 Å². The molecule has 2 atom stereocenters. The minimum absolute atomic E-state index is 0.0208. The van der Waals surface area contributed by atoms with E-state index in [2.05, 4.69) is 25.8 Å². The fraction of sp³-hybridized carbons (Fsp3) is 1.00. The highest BCUT2D eigenvalue weighted by molar-refractivity contribution is 4.76. The molecular weight excluding hydrogens is 178 g/mol. The highest BCUT2D eigenvalue weighted by Gasteiger charge is 2.24. The monoisotopic (exact) mass is 201 g/mol. The molecule has 0 saturated carbocycles. The minimum Gasteiger partial charge on any atom is -0.390 e. The summed E-state index contributed by atoms with van der Waals surface area (Å²) in [5, 5.41) is 9.89. The number of rotatable bonds is 4. The molecule has 0 spiro atoms. The van der Waals surface area contributed by atoms with Crippen LogP contribution in [0.5, 0.6) is 0 Å². The van der Waals surface area contributed by atoms with Gasteiger partial charge in [0.25, 0.3) is 0 Å². The molecule has 0 aliphatic carbocycles. The third-order valence-electron chi connectivity index (χ3n) is 2.77. The second kappa shape index (κ2) is 5.69. The lowest BCUT2D eigenvalue weighted by atomic mass is 10.0. The third kappa shape index (κ3) is 3.95. The molecule has 0 aromatic carbocycles. The van der Waals surface area contributed by atoms with Crippen LogP contribution in [0, 0.1) is 5.92 Å². The first-order valence-corrected chi connectivity index (χ1v) is 5.58. The zero-order valence-corrected chi connectivity index (χ0v) is 9.57. The van der Waals surface area contributed by atoms with Crippen LogP contribution < -0.4 is 0 Å². The molecule has 0 amide bonds. The van der Waals surface area contributed by atoms with Gasteiger partial charge in [-0.2, -0.15) is 0 Å². The Labute approximate surface area is 87.1 Å². The van der Waals surface area contributed by atoms with Gasteiger partial charge in [0.15, 0.2) is 0 Å². The second-order valence-electron chi connectivity index (χ2n) is 4.71. The Balaban J connectivity index is 2.25. The molecule has 1 fully saturated rings. The van der Waals surface area contributed by atoms with Gasteiger partial charge in [-0.1, -0.05) is 13.8 Å². The van der Waals surface area contributed by atoms with E-state index in [1.165, 1.54) is 0 Å². The Morgan fingerprint density at radius 1 is 1.43 bits per heavy atom. The van der Waals surface area contributed by atoms with E-state index >= 15 is 0 Å². The van der Waals surface area contributed by atoms with Gasteiger partial charge >= 0.3 is 0 Å². The first-order valence-electron chi connectivity index (χ1n) is 5.58. The highest BCUT2D eigenvalue weighted by Crippen LogP contribution is 2.14. The van der Waals surface area contributed by atoms with Crippen molar-refractivity contribution in [3.63, 3.8) is 0 Å². The second-order valence-corrected chi connectivity index (χ2v) is 4.71. The first-order chi connectivity index (χ1) is 6.59. The molecular formula is C11H23NO2. The Bertz CT molecular complexity index is 161. The van der Waals surface area contributed by atoms with Crippen LogP contribution in [-0.4, -0.2) is 49.0 Å². The Morgan fingerprint density at radius 2 is 2.14 bits per heavy atom. The number of hydrogen-bond acceptors (Lipinski definition) is 3. The van der Waals surface area contributed by atoms with Crippen LogP contribution in [0.4, 0.5) is 0 Å². The number of aliphatic hydroxyl groups is 1. The topological polar surface area (TPSA) is 32.7 Å². The summed E-state index contributed by atoms with van der Waals surface area (Å²) in [6, 6.07) is 0. The summed E-state index contributed by atoms with van der Waals surface area (Å²) < 4.78 is 5.55. The summed E-state index contributed by atoms with van der Waals surface area (Å²) in [5.41, 5.74) is 0. The van der Waals surface area contributed by atoms with Crippen LogP contribution in [0.3, 0.4) is 0 Å². The Morgan fingerprint density at radius 3 is 2.71 bits per heavy atom. The van der Waals surface area contributed by atoms with E-state index in [-0.39, 0.29) is 12.2 Å². The maximum atomic E-state index is 9.89. The Hall–Kier alpha value is -0.120. The van der Waals surface area contributed by atoms with Crippen molar-refractivity contribution in [3.05, 3.63) is 0 Å². The lowest BCUT2D eigenvalue weighted by Crippen LogP contribution is -2.46. The van der Waals surface area contributed by atoms with Gasteiger partial charge in [-0.05, 0) is 25.8 Å². The number of hydrogen-bond donors (Lipinski definition) is 1. The van der Waals surface area contributed by atoms with Crippen molar-refractivity contribution in [2.45, 2.75) is 38.9 Å². The van der Waals surface area contributed by atoms with Crippen LogP contribution in [0.1, 0.15) is 26.7 Å². The third-order valence-corrected chi connectivity index (χ3v) is 2.77. The molecule has 2 unspecified atom stereocenters. The first kappa shape index (κ1) is 12.0. The predicted molar refractivity (Wildman–Crippen MR) is 57.3 cm³/mol. The van der Waals surface area contributed by atoms with Crippen molar-refractivity contribution in [2.75, 3.05) is 26.7 Å². The van der Waals surface area contributed by atoms with E-state index in [4.69, 9.17) is 4.74 Å². The maximum absolute atomic E-state index is 9.89. The number of ether oxygens (including phenoxy) is 1. The van der Waals surface area contributed by atoms with Gasteiger partial charge in [0.2, 0.25) is 0 Å². The molecule has 3 nitrogen and oxygen atoms in total. The van der Waals surface area contributed by atoms with E-state index in [0.717, 1.165) is 32.5 Å². The van der Waals surface area contributed by atoms with Crippen molar-refractivity contribution in [1.29, 1.82) is 0 Å². The molecule has 3 heteroatoms. The zero-order valence-electron chi connectivity index (χ0n) is 9.57. The Kier molecular flexibility index (Phi) is 4.85. The van der Waals surface area contributed by atoms with Crippen molar-refractivity contribution in [3.8, 4) is 0 Å². The van der Waals surface area contributed by atoms with Crippen molar-refractivity contribution in [1.82, 2.24) is 4.90 Å². The molecule has 1 rings (SSSR count). The van der Waals surface area contributed by atoms with Gasteiger partial charge in [-0.3, -0.25) is 0 Å².